The summed E-state index contributed by atoms with van der Waals surface area (Å²) < 4.78 is 13.7. The Morgan fingerprint density at radius 1 is 1.44 bits per heavy atom. The van der Waals surface area contributed by atoms with Crippen LogP contribution in [0.2, 0.25) is 5.02 Å². The van der Waals surface area contributed by atoms with E-state index in [-0.39, 0.29) is 12.4 Å². The SMILES string of the molecule is CC(C)CC(CN)(CO)Cc1cc(Cl)ccc1F. The molecule has 18 heavy (non-hydrogen) atoms. The van der Waals surface area contributed by atoms with E-state index in [0.717, 1.165) is 6.42 Å². The highest BCUT2D eigenvalue weighted by molar-refractivity contribution is 6.30. The zero-order chi connectivity index (χ0) is 13.8. The molecule has 0 aliphatic carbocycles. The number of hydrogen-bond donors (Lipinski definition) is 2. The fraction of sp³-hybridized carbons (Fsp3) is 0.571. The highest BCUT2D eigenvalue weighted by Crippen LogP contribution is 2.31. The number of halogens is 2. The van der Waals surface area contributed by atoms with Crippen LogP contribution in [0, 0.1) is 17.2 Å². The Morgan fingerprint density at radius 3 is 2.61 bits per heavy atom. The second-order valence-corrected chi connectivity index (χ2v) is 5.81. The number of aliphatic hydroxyl groups is 1. The van der Waals surface area contributed by atoms with E-state index in [0.29, 0.717) is 29.5 Å². The summed E-state index contributed by atoms with van der Waals surface area (Å²) in [4.78, 5) is 0. The minimum absolute atomic E-state index is 0.0480. The second-order valence-electron chi connectivity index (χ2n) is 5.37. The highest BCUT2D eigenvalue weighted by atomic mass is 35.5. The number of aliphatic hydroxyl groups excluding tert-OH is 1. The minimum Gasteiger partial charge on any atom is -0.396 e. The average Bonchev–Trinajstić information content (AvgIpc) is 2.32. The topological polar surface area (TPSA) is 46.2 Å². The third-order valence-electron chi connectivity index (χ3n) is 3.18. The van der Waals surface area contributed by atoms with Crippen LogP contribution >= 0.6 is 11.6 Å². The molecule has 0 aliphatic heterocycles. The van der Waals surface area contributed by atoms with E-state index >= 15 is 0 Å². The van der Waals surface area contributed by atoms with Gasteiger partial charge in [-0.1, -0.05) is 25.4 Å². The first-order chi connectivity index (χ1) is 8.42. The molecule has 3 N–H and O–H groups in total. The van der Waals surface area contributed by atoms with Crippen LogP contribution in [0.15, 0.2) is 18.2 Å². The first-order valence-electron chi connectivity index (χ1n) is 6.17. The maximum Gasteiger partial charge on any atom is 0.126 e. The van der Waals surface area contributed by atoms with Crippen LogP contribution in [0.5, 0.6) is 0 Å². The van der Waals surface area contributed by atoms with Crippen molar-refractivity contribution in [1.29, 1.82) is 0 Å². The molecule has 1 unspecified atom stereocenters. The Kier molecular flexibility index (Phi) is 5.57. The van der Waals surface area contributed by atoms with E-state index in [1.165, 1.54) is 12.1 Å². The van der Waals surface area contributed by atoms with Crippen molar-refractivity contribution in [2.45, 2.75) is 26.7 Å². The van der Waals surface area contributed by atoms with Crippen molar-refractivity contribution in [1.82, 2.24) is 0 Å². The second kappa shape index (κ2) is 6.50. The van der Waals surface area contributed by atoms with Crippen molar-refractivity contribution in [2.24, 2.45) is 17.1 Å². The zero-order valence-electron chi connectivity index (χ0n) is 10.9. The molecule has 0 heterocycles. The largest absolute Gasteiger partial charge is 0.396 e. The first kappa shape index (κ1) is 15.4. The van der Waals surface area contributed by atoms with Gasteiger partial charge in [0.1, 0.15) is 5.82 Å². The van der Waals surface area contributed by atoms with E-state index in [9.17, 15) is 9.50 Å². The van der Waals surface area contributed by atoms with Gasteiger partial charge in [0, 0.05) is 17.0 Å². The average molecular weight is 274 g/mol. The van der Waals surface area contributed by atoms with E-state index in [1.807, 2.05) is 0 Å². The molecule has 102 valence electrons. The van der Waals surface area contributed by atoms with E-state index in [1.54, 1.807) is 6.07 Å². The maximum atomic E-state index is 13.7. The molecular weight excluding hydrogens is 253 g/mol. The number of benzene rings is 1. The summed E-state index contributed by atoms with van der Waals surface area (Å²) in [5.74, 6) is 0.0948. The summed E-state index contributed by atoms with van der Waals surface area (Å²) in [6.07, 6.45) is 1.16. The number of nitrogens with two attached hydrogens (primary N) is 1. The monoisotopic (exact) mass is 273 g/mol. The van der Waals surface area contributed by atoms with Gasteiger partial charge >= 0.3 is 0 Å². The molecule has 2 nitrogen and oxygen atoms in total. The molecule has 1 aromatic rings. The lowest BCUT2D eigenvalue weighted by molar-refractivity contribution is 0.107. The molecule has 0 radical (unpaired) electrons. The van der Waals surface area contributed by atoms with Crippen LogP contribution in [-0.4, -0.2) is 18.3 Å². The predicted molar refractivity (Wildman–Crippen MR) is 73.1 cm³/mol. The van der Waals surface area contributed by atoms with Crippen molar-refractivity contribution in [2.75, 3.05) is 13.2 Å². The molecule has 0 bridgehead atoms. The summed E-state index contributed by atoms with van der Waals surface area (Å²) in [5, 5.41) is 10.1. The van der Waals surface area contributed by atoms with Gasteiger partial charge in [-0.2, -0.15) is 0 Å². The zero-order valence-corrected chi connectivity index (χ0v) is 11.7. The van der Waals surface area contributed by atoms with Crippen molar-refractivity contribution < 1.29 is 9.50 Å². The first-order valence-corrected chi connectivity index (χ1v) is 6.55. The Hall–Kier alpha value is -0.640. The molecule has 0 fully saturated rings. The summed E-state index contributed by atoms with van der Waals surface area (Å²) in [5.41, 5.74) is 5.83. The molecule has 1 atom stereocenters. The van der Waals surface area contributed by atoms with Gasteiger partial charge in [0.05, 0.1) is 6.61 Å². The Bertz CT molecular complexity index is 391. The summed E-state index contributed by atoms with van der Waals surface area (Å²) in [6, 6.07) is 4.48. The van der Waals surface area contributed by atoms with E-state index < -0.39 is 5.41 Å². The molecule has 0 aromatic heterocycles. The van der Waals surface area contributed by atoms with Crippen LogP contribution in [0.25, 0.3) is 0 Å². The standard InChI is InChI=1S/C14H21ClFNO/c1-10(2)6-14(8-17,9-18)7-11-5-12(15)3-4-13(11)16/h3-5,10,18H,6-9,17H2,1-2H3. The molecule has 0 aliphatic rings. The van der Waals surface area contributed by atoms with E-state index in [2.05, 4.69) is 13.8 Å². The molecule has 1 rings (SSSR count). The molecule has 0 amide bonds. The Balaban J connectivity index is 2.98. The molecule has 4 heteroatoms. The van der Waals surface area contributed by atoms with Crippen molar-refractivity contribution in [3.05, 3.63) is 34.6 Å². The Morgan fingerprint density at radius 2 is 2.11 bits per heavy atom. The van der Waals surface area contributed by atoms with Gasteiger partial charge in [-0.25, -0.2) is 4.39 Å². The van der Waals surface area contributed by atoms with Gasteiger partial charge < -0.3 is 10.8 Å². The van der Waals surface area contributed by atoms with Gasteiger partial charge in [0.25, 0.3) is 0 Å². The quantitative estimate of drug-likeness (QED) is 0.837. The van der Waals surface area contributed by atoms with Crippen LogP contribution in [-0.2, 0) is 6.42 Å². The smallest absolute Gasteiger partial charge is 0.126 e. The van der Waals surface area contributed by atoms with Gasteiger partial charge in [-0.15, -0.1) is 0 Å². The number of rotatable bonds is 6. The minimum atomic E-state index is -0.473. The number of hydrogen-bond acceptors (Lipinski definition) is 2. The van der Waals surface area contributed by atoms with Gasteiger partial charge in [-0.3, -0.25) is 0 Å². The lowest BCUT2D eigenvalue weighted by Crippen LogP contribution is -2.38. The maximum absolute atomic E-state index is 13.7. The molecular formula is C14H21ClFNO. The van der Waals surface area contributed by atoms with Crippen LogP contribution in [0.1, 0.15) is 25.8 Å². The molecule has 0 saturated carbocycles. The third kappa shape index (κ3) is 3.94. The fourth-order valence-corrected chi connectivity index (χ4v) is 2.56. The summed E-state index contributed by atoms with van der Waals surface area (Å²) in [7, 11) is 0. The molecule has 0 spiro atoms. The van der Waals surface area contributed by atoms with Crippen LogP contribution in [0.3, 0.4) is 0 Å². The highest BCUT2D eigenvalue weighted by Gasteiger charge is 2.30. The van der Waals surface area contributed by atoms with Crippen LogP contribution < -0.4 is 5.73 Å². The van der Waals surface area contributed by atoms with E-state index in [4.69, 9.17) is 17.3 Å². The molecule has 0 saturated heterocycles. The predicted octanol–water partition coefficient (Wildman–Crippen LogP) is 3.01. The summed E-state index contributed by atoms with van der Waals surface area (Å²) in [6.45, 7) is 4.41. The third-order valence-corrected chi connectivity index (χ3v) is 3.42. The van der Waals surface area contributed by atoms with Crippen LogP contribution in [0.4, 0.5) is 4.39 Å². The van der Waals surface area contributed by atoms with Crippen molar-refractivity contribution in [3.63, 3.8) is 0 Å². The lowest BCUT2D eigenvalue weighted by Gasteiger charge is -2.32. The summed E-state index contributed by atoms with van der Waals surface area (Å²) >= 11 is 5.88. The Labute approximate surface area is 113 Å². The molecule has 1 aromatic carbocycles. The van der Waals surface area contributed by atoms with Gasteiger partial charge in [-0.05, 0) is 42.5 Å². The fourth-order valence-electron chi connectivity index (χ4n) is 2.36. The van der Waals surface area contributed by atoms with Gasteiger partial charge in [0.15, 0.2) is 0 Å². The van der Waals surface area contributed by atoms with Crippen molar-refractivity contribution in [3.8, 4) is 0 Å². The lowest BCUT2D eigenvalue weighted by atomic mass is 9.76. The normalized spacial score (nSPS) is 14.8. The van der Waals surface area contributed by atoms with Crippen molar-refractivity contribution >= 4 is 11.6 Å². The van der Waals surface area contributed by atoms with Gasteiger partial charge in [0.2, 0.25) is 0 Å².